The first-order valence-electron chi connectivity index (χ1n) is 23.8. The second-order valence-corrected chi connectivity index (χ2v) is 11.2. The summed E-state index contributed by atoms with van der Waals surface area (Å²) in [7, 11) is 0. The molecular weight excluding hydrogens is 613 g/mol. The zero-order valence-electron chi connectivity index (χ0n) is 42.5. The van der Waals surface area contributed by atoms with Crippen molar-refractivity contribution < 1.29 is 27.7 Å². The molecule has 5 nitrogen and oxygen atoms in total. The van der Waals surface area contributed by atoms with Crippen LogP contribution in [-0.2, 0) is 0 Å². The second-order valence-electron chi connectivity index (χ2n) is 11.2. The maximum Gasteiger partial charge on any atom is 0.164 e. The quantitative estimate of drug-likeness (QED) is 0.185. The molecular formula is C45H28N4O. The monoisotopic (exact) mass is 657 g/mol. The number of benzene rings is 7. The van der Waals surface area contributed by atoms with E-state index < -0.39 is 137 Å². The normalized spacial score (nSPS) is 16.4. The summed E-state index contributed by atoms with van der Waals surface area (Å²) in [5.74, 6) is -1.97. The van der Waals surface area contributed by atoms with E-state index in [1.807, 2.05) is 48.5 Å². The van der Waals surface area contributed by atoms with E-state index in [0.29, 0.717) is 11.2 Å². The van der Waals surface area contributed by atoms with Gasteiger partial charge >= 0.3 is 0 Å². The highest BCUT2D eigenvalue weighted by Crippen LogP contribution is 2.39. The fourth-order valence-corrected chi connectivity index (χ4v) is 6.13. The Labute approximate surface area is 311 Å². The second kappa shape index (κ2) is 11.4. The van der Waals surface area contributed by atoms with Gasteiger partial charge in [0.1, 0.15) is 11.2 Å². The molecule has 3 heterocycles. The molecule has 0 unspecified atom stereocenters. The van der Waals surface area contributed by atoms with Gasteiger partial charge in [0.2, 0.25) is 0 Å². The van der Waals surface area contributed by atoms with Crippen molar-refractivity contribution in [3.8, 4) is 51.0 Å². The summed E-state index contributed by atoms with van der Waals surface area (Å²) in [5.41, 5.74) is 1.01. The van der Waals surface area contributed by atoms with Gasteiger partial charge in [-0.05, 0) is 53.5 Å². The molecule has 0 fully saturated rings. The van der Waals surface area contributed by atoms with Crippen molar-refractivity contribution in [1.29, 1.82) is 0 Å². The number of fused-ring (bicyclic) bond motifs is 6. The first kappa shape index (κ1) is 16.0. The molecule has 3 aromatic heterocycles. The molecule has 234 valence electrons. The minimum Gasteiger partial charge on any atom is -0.456 e. The lowest BCUT2D eigenvalue weighted by Gasteiger charge is -2.10. The van der Waals surface area contributed by atoms with Crippen molar-refractivity contribution >= 4 is 43.7 Å². The zero-order valence-corrected chi connectivity index (χ0v) is 25.5. The van der Waals surface area contributed by atoms with E-state index in [0.717, 1.165) is 21.9 Å². The van der Waals surface area contributed by atoms with Gasteiger partial charge < -0.3 is 8.98 Å². The Morgan fingerprint density at radius 2 is 1.14 bits per heavy atom. The topological polar surface area (TPSA) is 56.7 Å². The highest BCUT2D eigenvalue weighted by molar-refractivity contribution is 6.14. The van der Waals surface area contributed by atoms with E-state index in [9.17, 15) is 4.11 Å². The van der Waals surface area contributed by atoms with Crippen LogP contribution in [0.2, 0.25) is 0 Å². The molecule has 0 aliphatic heterocycles. The lowest BCUT2D eigenvalue weighted by molar-refractivity contribution is 0.668. The molecule has 0 saturated carbocycles. The predicted octanol–water partition coefficient (Wildman–Crippen LogP) is 11.5. The first-order valence-corrected chi connectivity index (χ1v) is 15.3. The number of para-hydroxylation sites is 1. The highest BCUT2D eigenvalue weighted by Gasteiger charge is 2.18. The third kappa shape index (κ3) is 4.60. The Hall–Kier alpha value is -6.85. The lowest BCUT2D eigenvalue weighted by Crippen LogP contribution is -2.00. The predicted molar refractivity (Wildman–Crippen MR) is 203 cm³/mol. The molecule has 5 heteroatoms. The Balaban J connectivity index is 1.31. The largest absolute Gasteiger partial charge is 0.456 e. The average molecular weight is 658 g/mol. The molecule has 10 aromatic rings. The van der Waals surface area contributed by atoms with E-state index in [-0.39, 0.29) is 27.5 Å². The Morgan fingerprint density at radius 3 is 1.88 bits per heavy atom. The number of furan rings is 1. The molecule has 0 aliphatic carbocycles. The van der Waals surface area contributed by atoms with Gasteiger partial charge in [0.15, 0.2) is 17.5 Å². The van der Waals surface area contributed by atoms with Gasteiger partial charge in [-0.25, -0.2) is 15.0 Å². The molecule has 50 heavy (non-hydrogen) atoms. The smallest absolute Gasteiger partial charge is 0.164 e. The third-order valence-corrected chi connectivity index (χ3v) is 8.29. The van der Waals surface area contributed by atoms with Gasteiger partial charge in [0.25, 0.3) is 0 Å². The summed E-state index contributed by atoms with van der Waals surface area (Å²) in [6.07, 6.45) is 0. The van der Waals surface area contributed by atoms with Crippen LogP contribution in [0.4, 0.5) is 0 Å². The van der Waals surface area contributed by atoms with E-state index in [1.54, 1.807) is 18.2 Å². The maximum atomic E-state index is 9.78. The SMILES string of the molecule is [2H]c1c([2H])c([2H])c(-c2nc(-c3c([2H])c([2H])c([2H])c([2H])c3[2H])nc(-c3c([2H])c([2H])c4c(c3[2H])c3c([2H])c([2H])c([2H])c([2H])c3n4-c3ccc4c(c3)oc3cccc(-c5ccccc5)c34)n2)c([2H])c1[2H]. The van der Waals surface area contributed by atoms with Crippen LogP contribution in [0.25, 0.3) is 94.7 Å². The van der Waals surface area contributed by atoms with Crippen LogP contribution in [0.3, 0.4) is 0 Å². The minimum absolute atomic E-state index is 0.143. The summed E-state index contributed by atoms with van der Waals surface area (Å²) in [6, 6.07) is 8.34. The van der Waals surface area contributed by atoms with Crippen molar-refractivity contribution in [3.63, 3.8) is 0 Å². The lowest BCUT2D eigenvalue weighted by atomic mass is 9.99. The maximum absolute atomic E-state index is 9.78. The Kier molecular flexibility index (Phi) is 3.65. The van der Waals surface area contributed by atoms with E-state index in [1.165, 1.54) is 4.57 Å². The zero-order chi connectivity index (χ0) is 47.8. The van der Waals surface area contributed by atoms with Crippen LogP contribution in [0.5, 0.6) is 0 Å². The molecule has 0 bridgehead atoms. The van der Waals surface area contributed by atoms with Crippen molar-refractivity contribution in [1.82, 2.24) is 19.5 Å². The number of aromatic nitrogens is 4. The molecule has 0 amide bonds. The molecule has 0 N–H and O–H groups in total. The summed E-state index contributed by atoms with van der Waals surface area (Å²) >= 11 is 0. The number of rotatable bonds is 5. The van der Waals surface area contributed by atoms with E-state index in [2.05, 4.69) is 15.0 Å². The first-order chi connectivity index (χ1) is 31.8. The minimum atomic E-state index is -0.779. The molecule has 10 rings (SSSR count). The molecule has 0 saturated heterocycles. The number of hydrogen-bond donors (Lipinski definition) is 0. The molecule has 0 aliphatic rings. The molecule has 0 atom stereocenters. The highest BCUT2D eigenvalue weighted by atomic mass is 16.3. The summed E-state index contributed by atoms with van der Waals surface area (Å²) in [5, 5.41) is 1.09. The van der Waals surface area contributed by atoms with Crippen LogP contribution in [0, 0.1) is 0 Å². The summed E-state index contributed by atoms with van der Waals surface area (Å²) in [4.78, 5) is 13.0. The van der Waals surface area contributed by atoms with Crippen LogP contribution in [0.15, 0.2) is 174 Å². The standard InChI is InChI=1S/C45H28N4O/c1-4-13-29(14-5-1)34-20-12-22-40-42(34)36-25-24-33(28-41(36)50-40)49-38-21-11-10-19-35(38)37-27-32(23-26-39(37)49)45-47-43(30-15-6-2-7-16-30)46-44(48-45)31-17-8-3-9-18-31/h1-28H/i2D,3D,6D,7D,8D,9D,10D,11D,15D,16D,17D,18D,19D,21D,23D,26D,27D. The molecule has 0 radical (unpaired) electrons. The van der Waals surface area contributed by atoms with Crippen molar-refractivity contribution in [2.24, 2.45) is 0 Å². The molecule has 0 spiro atoms. The van der Waals surface area contributed by atoms with E-state index in [4.69, 9.17) is 23.6 Å². The van der Waals surface area contributed by atoms with E-state index >= 15 is 0 Å². The van der Waals surface area contributed by atoms with Gasteiger partial charge in [-0.3, -0.25) is 0 Å². The third-order valence-electron chi connectivity index (χ3n) is 8.29. The fourth-order valence-electron chi connectivity index (χ4n) is 6.13. The fraction of sp³-hybridized carbons (Fsp3) is 0. The van der Waals surface area contributed by atoms with Crippen molar-refractivity contribution in [3.05, 3.63) is 169 Å². The number of nitrogens with zero attached hydrogens (tertiary/aromatic N) is 4. The summed E-state index contributed by atoms with van der Waals surface area (Å²) in [6.45, 7) is 0. The van der Waals surface area contributed by atoms with Crippen LogP contribution in [-0.4, -0.2) is 19.5 Å². The van der Waals surface area contributed by atoms with Crippen LogP contribution < -0.4 is 0 Å². The van der Waals surface area contributed by atoms with Crippen LogP contribution >= 0.6 is 0 Å². The van der Waals surface area contributed by atoms with Gasteiger partial charge in [-0.15, -0.1) is 0 Å². The molecule has 7 aromatic carbocycles. The van der Waals surface area contributed by atoms with Crippen molar-refractivity contribution in [2.75, 3.05) is 0 Å². The summed E-state index contributed by atoms with van der Waals surface area (Å²) < 4.78 is 157. The average Bonchev–Trinajstić information content (AvgIpc) is 3.89. The Bertz CT molecular complexity index is 3710. The Morgan fingerprint density at radius 1 is 0.480 bits per heavy atom. The van der Waals surface area contributed by atoms with Gasteiger partial charge in [0, 0.05) is 50.0 Å². The van der Waals surface area contributed by atoms with Gasteiger partial charge in [-0.2, -0.15) is 0 Å². The van der Waals surface area contributed by atoms with Crippen molar-refractivity contribution in [2.45, 2.75) is 0 Å². The van der Waals surface area contributed by atoms with Gasteiger partial charge in [0.05, 0.1) is 34.3 Å². The number of hydrogen-bond acceptors (Lipinski definition) is 4. The van der Waals surface area contributed by atoms with Gasteiger partial charge in [-0.1, -0.05) is 121 Å². The van der Waals surface area contributed by atoms with Crippen LogP contribution in [0.1, 0.15) is 23.3 Å².